The fourth-order valence-corrected chi connectivity index (χ4v) is 2.91. The number of methoxy groups -OCH3 is 1. The SMILES string of the molecule is COc1ccc([C@H]2c3c([nH]c(=S)[nH]c3=O)NC(=O)[C@@H]2C#N)cc1. The highest BCUT2D eigenvalue weighted by Crippen LogP contribution is 2.37. The molecule has 3 rings (SSSR count). The number of nitrogens with zero attached hydrogens (tertiary/aromatic N) is 1. The molecule has 0 unspecified atom stereocenters. The van der Waals surface area contributed by atoms with Gasteiger partial charge >= 0.3 is 0 Å². The van der Waals surface area contributed by atoms with Crippen LogP contribution in [0.15, 0.2) is 29.1 Å². The summed E-state index contributed by atoms with van der Waals surface area (Å²) in [4.78, 5) is 29.8. The summed E-state index contributed by atoms with van der Waals surface area (Å²) in [7, 11) is 1.54. The molecule has 2 heterocycles. The maximum atomic E-state index is 12.3. The number of hydrogen-bond acceptors (Lipinski definition) is 5. The third-order valence-corrected chi connectivity index (χ3v) is 3.97. The number of benzene rings is 1. The average molecular weight is 328 g/mol. The van der Waals surface area contributed by atoms with Crippen molar-refractivity contribution >= 4 is 23.9 Å². The Morgan fingerprint density at radius 3 is 2.52 bits per heavy atom. The molecule has 0 saturated heterocycles. The molecule has 1 amide bonds. The zero-order chi connectivity index (χ0) is 16.6. The number of H-pyrrole nitrogens is 2. The standard InChI is InChI=1S/C15H12N4O3S/c1-22-8-4-2-7(3-5-8)10-9(6-16)13(20)17-12-11(10)14(21)19-15(23)18-12/h2-5,9-10H,1H3,(H3,17,18,19,20,21,23)/t9-,10-/m1/s1. The van der Waals surface area contributed by atoms with Crippen molar-refractivity contribution in [1.29, 1.82) is 5.26 Å². The maximum absolute atomic E-state index is 12.3. The summed E-state index contributed by atoms with van der Waals surface area (Å²) in [5.41, 5.74) is 0.532. The lowest BCUT2D eigenvalue weighted by Gasteiger charge is -2.28. The van der Waals surface area contributed by atoms with Crippen LogP contribution in [0.2, 0.25) is 0 Å². The summed E-state index contributed by atoms with van der Waals surface area (Å²) in [6.45, 7) is 0. The number of ether oxygens (including phenoxy) is 1. The van der Waals surface area contributed by atoms with Crippen molar-refractivity contribution in [1.82, 2.24) is 9.97 Å². The molecule has 23 heavy (non-hydrogen) atoms. The van der Waals surface area contributed by atoms with Gasteiger partial charge in [0, 0.05) is 5.92 Å². The fourth-order valence-electron chi connectivity index (χ4n) is 2.71. The van der Waals surface area contributed by atoms with Crippen LogP contribution < -0.4 is 15.6 Å². The maximum Gasteiger partial charge on any atom is 0.257 e. The second-order valence-corrected chi connectivity index (χ2v) is 5.45. The van der Waals surface area contributed by atoms with E-state index in [0.717, 1.165) is 0 Å². The zero-order valence-corrected chi connectivity index (χ0v) is 12.9. The highest BCUT2D eigenvalue weighted by atomic mass is 32.1. The molecule has 2 aromatic rings. The van der Waals surface area contributed by atoms with Crippen LogP contribution in [0.3, 0.4) is 0 Å². The number of aromatic amines is 2. The van der Waals surface area contributed by atoms with Gasteiger partial charge in [-0.25, -0.2) is 0 Å². The van der Waals surface area contributed by atoms with Gasteiger partial charge in [-0.05, 0) is 29.9 Å². The summed E-state index contributed by atoms with van der Waals surface area (Å²) in [5.74, 6) is -1.30. The fraction of sp³-hybridized carbons (Fsp3) is 0.200. The van der Waals surface area contributed by atoms with Crippen LogP contribution in [0.4, 0.5) is 5.82 Å². The minimum absolute atomic E-state index is 0.109. The van der Waals surface area contributed by atoms with Crippen LogP contribution in [-0.2, 0) is 4.79 Å². The Labute approximate surface area is 135 Å². The van der Waals surface area contributed by atoms with E-state index < -0.39 is 23.3 Å². The first kappa shape index (κ1) is 15.0. The molecule has 1 aliphatic rings. The molecule has 0 spiro atoms. The Morgan fingerprint density at radius 1 is 1.22 bits per heavy atom. The van der Waals surface area contributed by atoms with Gasteiger partial charge in [0.05, 0.1) is 18.7 Å². The molecule has 3 N–H and O–H groups in total. The Hall–Kier alpha value is -2.92. The topological polar surface area (TPSA) is 111 Å². The second kappa shape index (κ2) is 5.70. The lowest BCUT2D eigenvalue weighted by Crippen LogP contribution is -2.38. The highest BCUT2D eigenvalue weighted by molar-refractivity contribution is 7.71. The largest absolute Gasteiger partial charge is 0.497 e. The van der Waals surface area contributed by atoms with Crippen molar-refractivity contribution < 1.29 is 9.53 Å². The zero-order valence-electron chi connectivity index (χ0n) is 12.0. The van der Waals surface area contributed by atoms with Gasteiger partial charge in [-0.2, -0.15) is 5.26 Å². The molecule has 8 heteroatoms. The normalized spacial score (nSPS) is 19.4. The number of carbonyl (C=O) groups is 1. The second-order valence-electron chi connectivity index (χ2n) is 5.04. The average Bonchev–Trinajstić information content (AvgIpc) is 2.53. The molecular weight excluding hydrogens is 316 g/mol. The van der Waals surface area contributed by atoms with Gasteiger partial charge in [-0.3, -0.25) is 14.6 Å². The van der Waals surface area contributed by atoms with E-state index >= 15 is 0 Å². The first-order valence-electron chi connectivity index (χ1n) is 6.76. The Balaban J connectivity index is 2.24. The summed E-state index contributed by atoms with van der Waals surface area (Å²) < 4.78 is 5.22. The monoisotopic (exact) mass is 328 g/mol. The summed E-state index contributed by atoms with van der Waals surface area (Å²) in [6.07, 6.45) is 0. The van der Waals surface area contributed by atoms with E-state index in [1.807, 2.05) is 6.07 Å². The van der Waals surface area contributed by atoms with E-state index in [9.17, 15) is 14.9 Å². The molecule has 1 aliphatic heterocycles. The minimum atomic E-state index is -1.01. The number of anilines is 1. The van der Waals surface area contributed by atoms with Crippen LogP contribution in [0, 0.1) is 22.0 Å². The molecule has 0 bridgehead atoms. The third kappa shape index (κ3) is 2.51. The van der Waals surface area contributed by atoms with Crippen molar-refractivity contribution in [3.63, 3.8) is 0 Å². The van der Waals surface area contributed by atoms with Gasteiger partial charge in [-0.15, -0.1) is 0 Å². The smallest absolute Gasteiger partial charge is 0.257 e. The molecule has 0 aliphatic carbocycles. The molecule has 1 aromatic carbocycles. The number of hydrogen-bond donors (Lipinski definition) is 3. The number of fused-ring (bicyclic) bond motifs is 1. The molecule has 116 valence electrons. The van der Waals surface area contributed by atoms with Gasteiger partial charge in [-0.1, -0.05) is 12.1 Å². The number of carbonyl (C=O) groups excluding carboxylic acids is 1. The Bertz CT molecular complexity index is 923. The van der Waals surface area contributed by atoms with Crippen LogP contribution >= 0.6 is 12.2 Å². The van der Waals surface area contributed by atoms with Gasteiger partial charge in [0.2, 0.25) is 5.91 Å². The lowest BCUT2D eigenvalue weighted by molar-refractivity contribution is -0.119. The molecule has 0 fully saturated rings. The van der Waals surface area contributed by atoms with E-state index in [1.54, 1.807) is 31.4 Å². The quantitative estimate of drug-likeness (QED) is 0.726. The van der Waals surface area contributed by atoms with Gasteiger partial charge in [0.25, 0.3) is 5.56 Å². The molecule has 2 atom stereocenters. The van der Waals surface area contributed by atoms with E-state index in [2.05, 4.69) is 15.3 Å². The Morgan fingerprint density at radius 2 is 1.91 bits per heavy atom. The molecule has 7 nitrogen and oxygen atoms in total. The minimum Gasteiger partial charge on any atom is -0.497 e. The van der Waals surface area contributed by atoms with E-state index in [0.29, 0.717) is 11.3 Å². The van der Waals surface area contributed by atoms with Crippen LogP contribution in [0.1, 0.15) is 17.0 Å². The first-order chi connectivity index (χ1) is 11.0. The number of amides is 1. The van der Waals surface area contributed by atoms with Crippen molar-refractivity contribution in [2.24, 2.45) is 5.92 Å². The third-order valence-electron chi connectivity index (χ3n) is 3.77. The highest BCUT2D eigenvalue weighted by Gasteiger charge is 2.39. The van der Waals surface area contributed by atoms with E-state index in [4.69, 9.17) is 17.0 Å². The van der Waals surface area contributed by atoms with Crippen molar-refractivity contribution in [2.75, 3.05) is 12.4 Å². The van der Waals surface area contributed by atoms with Gasteiger partial charge in [0.15, 0.2) is 4.77 Å². The number of nitriles is 1. The molecule has 0 saturated carbocycles. The van der Waals surface area contributed by atoms with E-state index in [1.165, 1.54) is 0 Å². The number of aromatic nitrogens is 2. The number of rotatable bonds is 2. The lowest BCUT2D eigenvalue weighted by atomic mass is 9.79. The van der Waals surface area contributed by atoms with E-state index in [-0.39, 0.29) is 16.2 Å². The van der Waals surface area contributed by atoms with Crippen LogP contribution in [0.25, 0.3) is 0 Å². The van der Waals surface area contributed by atoms with Gasteiger partial charge in [0.1, 0.15) is 17.5 Å². The van der Waals surface area contributed by atoms with Gasteiger partial charge < -0.3 is 15.0 Å². The van der Waals surface area contributed by atoms with Crippen molar-refractivity contribution in [3.8, 4) is 11.8 Å². The summed E-state index contributed by atoms with van der Waals surface area (Å²) in [6, 6.07) is 8.88. The summed E-state index contributed by atoms with van der Waals surface area (Å²) in [5, 5.41) is 11.9. The predicted molar refractivity (Wildman–Crippen MR) is 84.8 cm³/mol. The van der Waals surface area contributed by atoms with Crippen LogP contribution in [-0.4, -0.2) is 23.0 Å². The summed E-state index contributed by atoms with van der Waals surface area (Å²) >= 11 is 4.93. The predicted octanol–water partition coefficient (Wildman–Crippen LogP) is 1.66. The first-order valence-corrected chi connectivity index (χ1v) is 7.17. The Kier molecular flexibility index (Phi) is 3.72. The van der Waals surface area contributed by atoms with Crippen LogP contribution in [0.5, 0.6) is 5.75 Å². The van der Waals surface area contributed by atoms with Crippen molar-refractivity contribution in [2.45, 2.75) is 5.92 Å². The van der Waals surface area contributed by atoms with Crippen molar-refractivity contribution in [3.05, 3.63) is 50.5 Å². The molecule has 1 aromatic heterocycles. The molecular formula is C15H12N4O3S. The number of nitrogens with one attached hydrogen (secondary N) is 3. The molecule has 0 radical (unpaired) electrons.